The van der Waals surface area contributed by atoms with Crippen molar-refractivity contribution < 1.29 is 48.8 Å². The summed E-state index contributed by atoms with van der Waals surface area (Å²) >= 11 is 0. The summed E-state index contributed by atoms with van der Waals surface area (Å²) < 4.78 is 102. The average Bonchev–Trinajstić information content (AvgIpc) is 1.56. The van der Waals surface area contributed by atoms with Crippen LogP contribution in [0.5, 0.6) is 0 Å². The van der Waals surface area contributed by atoms with E-state index in [0.717, 1.165) is 74.0 Å². The van der Waals surface area contributed by atoms with Gasteiger partial charge in [0.25, 0.3) is 11.8 Å². The third-order valence-corrected chi connectivity index (χ3v) is 20.0. The predicted octanol–water partition coefficient (Wildman–Crippen LogP) is 15.4. The van der Waals surface area contributed by atoms with Crippen molar-refractivity contribution in [2.24, 2.45) is 0 Å². The Hall–Kier alpha value is -9.60. The van der Waals surface area contributed by atoms with Crippen molar-refractivity contribution in [3.63, 3.8) is 0 Å². The quantitative estimate of drug-likeness (QED) is 0.0588. The topological polar surface area (TPSA) is 189 Å². The van der Waals surface area contributed by atoms with Gasteiger partial charge >= 0.3 is 0 Å². The van der Waals surface area contributed by atoms with Crippen LogP contribution in [0.3, 0.4) is 0 Å². The first-order valence-electron chi connectivity index (χ1n) is 28.9. The number of para-hydroxylation sites is 2. The SMILES string of the molecule is CNC(=O)c1c(-c2ccc(F)cc2)oc2cc(N(C)S(C)(=O)=O)c(-c3cccc(-c4cc5ccccc5[nH]4)c3)cc12.CNC(=O)c1c(-c2ccc(F)cc2)oc2cc(N(C)S(C)(=O)=O)c(-c3cccc(-c4cc5ccccc5n4COCC[Si](C)(C)C)c3)cc12. The molecule has 8 aromatic carbocycles. The first-order chi connectivity index (χ1) is 42.9. The van der Waals surface area contributed by atoms with Gasteiger partial charge in [0.1, 0.15) is 41.1 Å². The van der Waals surface area contributed by atoms with Crippen molar-refractivity contribution in [3.8, 4) is 67.4 Å². The van der Waals surface area contributed by atoms with Crippen molar-refractivity contribution in [1.29, 1.82) is 0 Å². The molecular formula is C70H66F2N6O9S2Si. The number of carbonyl (C=O) groups excluding carboxylic acids is 2. The van der Waals surface area contributed by atoms with Gasteiger partial charge in [0.2, 0.25) is 20.0 Å². The summed E-state index contributed by atoms with van der Waals surface area (Å²) in [4.78, 5) is 29.9. The molecule has 3 N–H and O–H groups in total. The van der Waals surface area contributed by atoms with E-state index < -0.39 is 39.8 Å². The van der Waals surface area contributed by atoms with Crippen LogP contribution >= 0.6 is 0 Å². The number of sulfonamides is 2. The van der Waals surface area contributed by atoms with Gasteiger partial charge < -0.3 is 33.8 Å². The molecular weight excluding hydrogens is 1200 g/mol. The minimum Gasteiger partial charge on any atom is -0.455 e. The largest absolute Gasteiger partial charge is 0.455 e. The van der Waals surface area contributed by atoms with Crippen LogP contribution in [0.25, 0.3) is 111 Å². The number of nitrogens with zero attached hydrogens (tertiary/aromatic N) is 3. The molecule has 20 heteroatoms. The highest BCUT2D eigenvalue weighted by atomic mass is 32.2. The number of rotatable bonds is 17. The van der Waals surface area contributed by atoms with Gasteiger partial charge in [-0.2, -0.15) is 0 Å². The molecule has 0 unspecified atom stereocenters. The Balaban J connectivity index is 0.000000188. The van der Waals surface area contributed by atoms with Gasteiger partial charge in [-0.1, -0.05) is 92.4 Å². The molecule has 0 radical (unpaired) electrons. The Bertz CT molecular complexity index is 4940. The number of H-pyrrole nitrogens is 1. The number of fused-ring (bicyclic) bond motifs is 4. The first kappa shape index (κ1) is 62.0. The molecule has 90 heavy (non-hydrogen) atoms. The normalized spacial score (nSPS) is 11.9. The molecule has 12 rings (SSSR count). The van der Waals surface area contributed by atoms with E-state index in [9.17, 15) is 35.2 Å². The highest BCUT2D eigenvalue weighted by Crippen LogP contribution is 2.45. The Labute approximate surface area is 521 Å². The minimum absolute atomic E-state index is 0.256. The third-order valence-electron chi connectivity index (χ3n) is 15.9. The lowest BCUT2D eigenvalue weighted by Gasteiger charge is -2.21. The van der Waals surface area contributed by atoms with Crippen LogP contribution in [0.2, 0.25) is 25.7 Å². The minimum atomic E-state index is -3.69. The van der Waals surface area contributed by atoms with E-state index in [4.69, 9.17) is 13.6 Å². The second-order valence-electron chi connectivity index (χ2n) is 23.3. The zero-order chi connectivity index (χ0) is 64.0. The summed E-state index contributed by atoms with van der Waals surface area (Å²) in [5.41, 5.74) is 11.4. The molecule has 460 valence electrons. The van der Waals surface area contributed by atoms with E-state index in [1.54, 1.807) is 36.4 Å². The highest BCUT2D eigenvalue weighted by Gasteiger charge is 2.29. The first-order valence-corrected chi connectivity index (χ1v) is 36.3. The van der Waals surface area contributed by atoms with Gasteiger partial charge in [-0.15, -0.1) is 0 Å². The van der Waals surface area contributed by atoms with Crippen LogP contribution in [-0.2, 0) is 31.5 Å². The lowest BCUT2D eigenvalue weighted by atomic mass is 9.96. The van der Waals surface area contributed by atoms with E-state index in [2.05, 4.69) is 64.1 Å². The van der Waals surface area contributed by atoms with Gasteiger partial charge in [-0.25, -0.2) is 25.6 Å². The van der Waals surface area contributed by atoms with E-state index in [0.29, 0.717) is 68.9 Å². The molecule has 0 saturated carbocycles. The number of hydrogen-bond donors (Lipinski definition) is 3. The van der Waals surface area contributed by atoms with Crippen molar-refractivity contribution >= 4 is 95.1 Å². The molecule has 0 aliphatic heterocycles. The number of aromatic nitrogens is 2. The van der Waals surface area contributed by atoms with Crippen molar-refractivity contribution in [3.05, 3.63) is 205 Å². The number of hydrogen-bond acceptors (Lipinski definition) is 9. The average molecular weight is 1270 g/mol. The lowest BCUT2D eigenvalue weighted by molar-refractivity contribution is 0.0912. The number of furan rings is 2. The summed E-state index contributed by atoms with van der Waals surface area (Å²) in [5.74, 6) is -1.09. The van der Waals surface area contributed by atoms with Crippen molar-refractivity contribution in [2.45, 2.75) is 32.4 Å². The summed E-state index contributed by atoms with van der Waals surface area (Å²) in [6.07, 6.45) is 2.27. The van der Waals surface area contributed by atoms with E-state index >= 15 is 0 Å². The van der Waals surface area contributed by atoms with Crippen molar-refractivity contribution in [2.75, 3.05) is 55.9 Å². The van der Waals surface area contributed by atoms with Crippen LogP contribution in [0.15, 0.2) is 191 Å². The Morgan fingerprint density at radius 2 is 1.02 bits per heavy atom. The van der Waals surface area contributed by atoms with Gasteiger partial charge in [0.15, 0.2) is 0 Å². The fourth-order valence-electron chi connectivity index (χ4n) is 11.0. The predicted molar refractivity (Wildman–Crippen MR) is 360 cm³/mol. The molecule has 0 spiro atoms. The maximum atomic E-state index is 13.8. The standard InChI is InChI=1S/C38H40FN3O5SSi.C32H26FN3O4S/c1-40-38(43)36-31-22-30(34(41(2)48(3,44)45)23-35(31)47-37(36)25-14-16-29(39)17-15-25)26-11-9-12-27(20-26)33-21-28-10-7-8-13-32(28)42(33)24-46-18-19-49(4,5)6;1-34-32(37)30-25-17-24(20-8-6-9-21(15-20)27-16-22-7-4-5-10-26(22)35-27)28(36(2)41(3,38)39)18-29(25)40-31(30)19-11-13-23(33)14-12-19/h7-17,20-23H,18-19,24H2,1-6H3,(H,40,43);4-18,35H,1-3H3,(H,34,37). The fraction of sp³-hybridized carbons (Fsp3) is 0.171. The zero-order valence-corrected chi connectivity index (χ0v) is 53.7. The molecule has 4 aromatic heterocycles. The molecule has 0 atom stereocenters. The van der Waals surface area contributed by atoms with Crippen LogP contribution in [0, 0.1) is 11.6 Å². The number of amides is 2. The number of anilines is 2. The van der Waals surface area contributed by atoms with Crippen molar-refractivity contribution in [1.82, 2.24) is 20.2 Å². The van der Waals surface area contributed by atoms with Gasteiger partial charge in [0.05, 0.1) is 46.2 Å². The summed E-state index contributed by atoms with van der Waals surface area (Å²) in [6, 6.07) is 55.3. The number of benzene rings is 8. The van der Waals surface area contributed by atoms with E-state index in [1.807, 2.05) is 84.9 Å². The number of nitrogens with one attached hydrogen (secondary N) is 3. The molecule has 2 amide bonds. The number of aromatic amines is 1. The Morgan fingerprint density at radius 3 is 1.51 bits per heavy atom. The second kappa shape index (κ2) is 24.8. The third kappa shape index (κ3) is 12.7. The van der Waals surface area contributed by atoms with Crippen LogP contribution < -0.4 is 19.2 Å². The molecule has 0 aliphatic rings. The zero-order valence-electron chi connectivity index (χ0n) is 51.0. The van der Waals surface area contributed by atoms with Crippen LogP contribution in [0.1, 0.15) is 20.7 Å². The lowest BCUT2D eigenvalue weighted by Crippen LogP contribution is -2.25. The summed E-state index contributed by atoms with van der Waals surface area (Å²) in [6.45, 7) is 8.06. The number of ether oxygens (including phenoxy) is 1. The molecule has 0 fully saturated rings. The smallest absolute Gasteiger partial charge is 0.255 e. The Morgan fingerprint density at radius 1 is 0.556 bits per heavy atom. The van der Waals surface area contributed by atoms with E-state index in [1.165, 1.54) is 73.2 Å². The van der Waals surface area contributed by atoms with Gasteiger partial charge in [-0.05, 0) is 125 Å². The molecule has 15 nitrogen and oxygen atoms in total. The van der Waals surface area contributed by atoms with Crippen LogP contribution in [0.4, 0.5) is 20.2 Å². The second-order valence-corrected chi connectivity index (χ2v) is 32.9. The van der Waals surface area contributed by atoms with Gasteiger partial charge in [0, 0.05) is 110 Å². The van der Waals surface area contributed by atoms with Gasteiger partial charge in [-0.3, -0.25) is 18.2 Å². The fourth-order valence-corrected chi connectivity index (χ4v) is 12.7. The van der Waals surface area contributed by atoms with Crippen LogP contribution in [-0.4, -0.2) is 93.6 Å². The maximum Gasteiger partial charge on any atom is 0.255 e. The molecule has 12 aromatic rings. The summed E-state index contributed by atoms with van der Waals surface area (Å²) in [5, 5.41) is 8.50. The maximum absolute atomic E-state index is 13.8. The van der Waals surface area contributed by atoms with E-state index in [-0.39, 0.29) is 34.5 Å². The highest BCUT2D eigenvalue weighted by molar-refractivity contribution is 7.92. The number of halogens is 2. The molecule has 0 aliphatic carbocycles. The molecule has 4 heterocycles. The Kier molecular flexibility index (Phi) is 17.1. The molecule has 0 bridgehead atoms. The molecule has 0 saturated heterocycles. The monoisotopic (exact) mass is 1260 g/mol. The summed E-state index contributed by atoms with van der Waals surface area (Å²) in [7, 11) is -2.60. The number of carbonyl (C=O) groups is 2.